The molecule has 1 aromatic heterocycles. The molecule has 7 nitrogen and oxygen atoms in total. The van der Waals surface area contributed by atoms with Crippen LogP contribution >= 0.6 is 0 Å². The van der Waals surface area contributed by atoms with E-state index in [1.165, 1.54) is 6.33 Å². The van der Waals surface area contributed by atoms with E-state index in [1.54, 1.807) is 64.4 Å². The number of amides is 2. The number of nitrogens with zero attached hydrogens (tertiary/aromatic N) is 4. The van der Waals surface area contributed by atoms with Crippen molar-refractivity contribution >= 4 is 17.5 Å². The van der Waals surface area contributed by atoms with Gasteiger partial charge in [-0.25, -0.2) is 9.67 Å². The molecule has 0 unspecified atom stereocenters. The molecule has 0 spiro atoms. The van der Waals surface area contributed by atoms with Gasteiger partial charge in [0.05, 0.1) is 5.69 Å². The number of anilines is 1. The number of benzene rings is 2. The number of hydrogen-bond acceptors (Lipinski definition) is 4. The molecule has 3 aromatic rings. The number of rotatable bonds is 6. The van der Waals surface area contributed by atoms with Gasteiger partial charge in [0.25, 0.3) is 11.8 Å². The van der Waals surface area contributed by atoms with Crippen molar-refractivity contribution in [1.29, 1.82) is 0 Å². The van der Waals surface area contributed by atoms with E-state index in [1.807, 2.05) is 13.8 Å². The molecular weight excluding hydrogens is 342 g/mol. The van der Waals surface area contributed by atoms with Gasteiger partial charge in [0.1, 0.15) is 12.7 Å². The second kappa shape index (κ2) is 8.27. The number of hydrogen-bond donors (Lipinski definition) is 1. The second-order valence-electron chi connectivity index (χ2n) is 5.90. The zero-order valence-electron chi connectivity index (χ0n) is 15.3. The summed E-state index contributed by atoms with van der Waals surface area (Å²) < 4.78 is 1.62. The standard InChI is InChI=1S/C20H21N5O2/c1-3-24(4-2)20(27)16-6-5-7-17(12-16)23-19(26)15-8-10-18(11-9-15)25-14-21-13-22-25/h5-14H,3-4H2,1-2H3,(H,23,26). The maximum Gasteiger partial charge on any atom is 0.255 e. The normalized spacial score (nSPS) is 10.4. The van der Waals surface area contributed by atoms with Crippen molar-refractivity contribution in [3.05, 3.63) is 72.3 Å². The molecule has 1 N–H and O–H groups in total. The van der Waals surface area contributed by atoms with Crippen molar-refractivity contribution in [2.45, 2.75) is 13.8 Å². The molecule has 0 radical (unpaired) electrons. The molecule has 0 fully saturated rings. The van der Waals surface area contributed by atoms with Crippen LogP contribution in [-0.4, -0.2) is 44.6 Å². The van der Waals surface area contributed by atoms with Crippen LogP contribution in [0.5, 0.6) is 0 Å². The largest absolute Gasteiger partial charge is 0.339 e. The summed E-state index contributed by atoms with van der Waals surface area (Å²) in [4.78, 5) is 30.6. The van der Waals surface area contributed by atoms with Gasteiger partial charge in [-0.2, -0.15) is 5.10 Å². The highest BCUT2D eigenvalue weighted by molar-refractivity contribution is 6.05. The Bertz CT molecular complexity index is 916. The fourth-order valence-electron chi connectivity index (χ4n) is 2.73. The monoisotopic (exact) mass is 363 g/mol. The van der Waals surface area contributed by atoms with Crippen LogP contribution in [0.15, 0.2) is 61.2 Å². The van der Waals surface area contributed by atoms with Crippen LogP contribution in [0.3, 0.4) is 0 Å². The third-order valence-corrected chi connectivity index (χ3v) is 4.23. The van der Waals surface area contributed by atoms with Crippen molar-refractivity contribution in [3.63, 3.8) is 0 Å². The van der Waals surface area contributed by atoms with E-state index in [0.717, 1.165) is 5.69 Å². The smallest absolute Gasteiger partial charge is 0.255 e. The molecule has 138 valence electrons. The fourth-order valence-corrected chi connectivity index (χ4v) is 2.73. The van der Waals surface area contributed by atoms with E-state index < -0.39 is 0 Å². The first-order chi connectivity index (χ1) is 13.1. The van der Waals surface area contributed by atoms with Gasteiger partial charge in [-0.1, -0.05) is 6.07 Å². The zero-order valence-corrected chi connectivity index (χ0v) is 15.3. The van der Waals surface area contributed by atoms with Gasteiger partial charge in [-0.15, -0.1) is 0 Å². The van der Waals surface area contributed by atoms with E-state index in [-0.39, 0.29) is 11.8 Å². The van der Waals surface area contributed by atoms with E-state index in [9.17, 15) is 9.59 Å². The Morgan fingerprint density at radius 1 is 1.04 bits per heavy atom. The van der Waals surface area contributed by atoms with E-state index in [0.29, 0.717) is 29.9 Å². The van der Waals surface area contributed by atoms with Crippen LogP contribution < -0.4 is 5.32 Å². The summed E-state index contributed by atoms with van der Waals surface area (Å²) in [6, 6.07) is 14.0. The van der Waals surface area contributed by atoms with Gasteiger partial charge in [-0.05, 0) is 56.3 Å². The molecule has 0 atom stereocenters. The summed E-state index contributed by atoms with van der Waals surface area (Å²) >= 11 is 0. The Morgan fingerprint density at radius 2 is 1.78 bits per heavy atom. The fraction of sp³-hybridized carbons (Fsp3) is 0.200. The number of nitrogens with one attached hydrogen (secondary N) is 1. The molecule has 7 heteroatoms. The Balaban J connectivity index is 1.72. The van der Waals surface area contributed by atoms with Crippen molar-refractivity contribution < 1.29 is 9.59 Å². The highest BCUT2D eigenvalue weighted by Gasteiger charge is 2.13. The number of aromatic nitrogens is 3. The van der Waals surface area contributed by atoms with E-state index in [4.69, 9.17) is 0 Å². The minimum Gasteiger partial charge on any atom is -0.339 e. The van der Waals surface area contributed by atoms with Crippen molar-refractivity contribution in [3.8, 4) is 5.69 Å². The SMILES string of the molecule is CCN(CC)C(=O)c1cccc(NC(=O)c2ccc(-n3cncn3)cc2)c1. The molecule has 0 aliphatic rings. The third-order valence-electron chi connectivity index (χ3n) is 4.23. The Morgan fingerprint density at radius 3 is 2.41 bits per heavy atom. The lowest BCUT2D eigenvalue weighted by Gasteiger charge is -2.19. The molecule has 2 amide bonds. The van der Waals surface area contributed by atoms with Crippen molar-refractivity contribution in [1.82, 2.24) is 19.7 Å². The molecule has 0 aliphatic carbocycles. The average molecular weight is 363 g/mol. The first kappa shape index (κ1) is 18.3. The highest BCUT2D eigenvalue weighted by atomic mass is 16.2. The molecular formula is C20H21N5O2. The van der Waals surface area contributed by atoms with Gasteiger partial charge in [0, 0.05) is 29.9 Å². The topological polar surface area (TPSA) is 80.1 Å². The second-order valence-corrected chi connectivity index (χ2v) is 5.90. The van der Waals surface area contributed by atoms with Crippen LogP contribution in [-0.2, 0) is 0 Å². The maximum atomic E-state index is 12.5. The molecule has 27 heavy (non-hydrogen) atoms. The quantitative estimate of drug-likeness (QED) is 0.730. The predicted octanol–water partition coefficient (Wildman–Crippen LogP) is 3.00. The maximum absolute atomic E-state index is 12.5. The Labute approximate surface area is 157 Å². The lowest BCUT2D eigenvalue weighted by atomic mass is 10.1. The summed E-state index contributed by atoms with van der Waals surface area (Å²) in [5, 5.41) is 6.89. The lowest BCUT2D eigenvalue weighted by Crippen LogP contribution is -2.30. The van der Waals surface area contributed by atoms with Crippen LogP contribution in [0.4, 0.5) is 5.69 Å². The molecule has 0 saturated carbocycles. The third kappa shape index (κ3) is 4.20. The van der Waals surface area contributed by atoms with Gasteiger partial charge >= 0.3 is 0 Å². The van der Waals surface area contributed by atoms with Gasteiger partial charge < -0.3 is 10.2 Å². The number of carbonyl (C=O) groups is 2. The van der Waals surface area contributed by atoms with E-state index in [2.05, 4.69) is 15.4 Å². The molecule has 0 bridgehead atoms. The predicted molar refractivity (Wildman–Crippen MR) is 103 cm³/mol. The van der Waals surface area contributed by atoms with E-state index >= 15 is 0 Å². The summed E-state index contributed by atoms with van der Waals surface area (Å²) in [5.74, 6) is -0.291. The van der Waals surface area contributed by atoms with Gasteiger partial charge in [-0.3, -0.25) is 9.59 Å². The molecule has 0 saturated heterocycles. The summed E-state index contributed by atoms with van der Waals surface area (Å²) in [6.07, 6.45) is 3.04. The van der Waals surface area contributed by atoms with Crippen LogP contribution in [0.1, 0.15) is 34.6 Å². The number of carbonyl (C=O) groups excluding carboxylic acids is 2. The summed E-state index contributed by atoms with van der Waals surface area (Å²) in [7, 11) is 0. The van der Waals surface area contributed by atoms with Gasteiger partial charge in [0.2, 0.25) is 0 Å². The summed E-state index contributed by atoms with van der Waals surface area (Å²) in [5.41, 5.74) is 2.46. The van der Waals surface area contributed by atoms with Gasteiger partial charge in [0.15, 0.2) is 0 Å². The summed E-state index contributed by atoms with van der Waals surface area (Å²) in [6.45, 7) is 5.17. The lowest BCUT2D eigenvalue weighted by molar-refractivity contribution is 0.0772. The van der Waals surface area contributed by atoms with Crippen LogP contribution in [0.25, 0.3) is 5.69 Å². The Kier molecular flexibility index (Phi) is 5.61. The molecule has 2 aromatic carbocycles. The van der Waals surface area contributed by atoms with Crippen molar-refractivity contribution in [2.75, 3.05) is 18.4 Å². The minimum absolute atomic E-state index is 0.0479. The first-order valence-corrected chi connectivity index (χ1v) is 8.78. The average Bonchev–Trinajstić information content (AvgIpc) is 3.24. The first-order valence-electron chi connectivity index (χ1n) is 8.78. The Hall–Kier alpha value is -3.48. The minimum atomic E-state index is -0.243. The zero-order chi connectivity index (χ0) is 19.2. The van der Waals surface area contributed by atoms with Crippen LogP contribution in [0, 0.1) is 0 Å². The molecule has 0 aliphatic heterocycles. The van der Waals surface area contributed by atoms with Crippen molar-refractivity contribution in [2.24, 2.45) is 0 Å². The highest BCUT2D eigenvalue weighted by Crippen LogP contribution is 2.15. The van der Waals surface area contributed by atoms with Crippen LogP contribution in [0.2, 0.25) is 0 Å². The molecule has 3 rings (SSSR count). The molecule has 1 heterocycles.